The van der Waals surface area contributed by atoms with Gasteiger partial charge in [0, 0.05) is 33.2 Å². The van der Waals surface area contributed by atoms with Gasteiger partial charge in [-0.2, -0.15) is 0 Å². The Morgan fingerprint density at radius 3 is 2.13 bits per heavy atom. The molecule has 0 unspecified atom stereocenters. The van der Waals surface area contributed by atoms with Crippen molar-refractivity contribution < 1.29 is 0 Å². The Morgan fingerprint density at radius 1 is 0.702 bits per heavy atom. The topological polar surface area (TPSA) is 8.17 Å². The van der Waals surface area contributed by atoms with E-state index in [1.807, 2.05) is 0 Å². The van der Waals surface area contributed by atoms with E-state index < -0.39 is 0 Å². The number of allylic oxidation sites excluding steroid dienone is 6. The van der Waals surface area contributed by atoms with Gasteiger partial charge in [0.25, 0.3) is 0 Å². The first kappa shape index (κ1) is 29.3. The molecule has 5 aromatic carbocycles. The lowest BCUT2D eigenvalue weighted by molar-refractivity contribution is 0.590. The molecule has 0 fully saturated rings. The first-order valence-corrected chi connectivity index (χ1v) is 16.9. The van der Waals surface area contributed by atoms with Gasteiger partial charge in [-0.25, -0.2) is 0 Å². The monoisotopic (exact) mass is 610 g/mol. The summed E-state index contributed by atoms with van der Waals surface area (Å²) in [6.07, 6.45) is 11.9. The first-order chi connectivity index (χ1) is 22.6. The highest BCUT2D eigenvalue weighted by molar-refractivity contribution is 6.13. The van der Waals surface area contributed by atoms with E-state index in [-0.39, 0.29) is 10.8 Å². The van der Waals surface area contributed by atoms with Gasteiger partial charge < -0.3 is 9.47 Å². The van der Waals surface area contributed by atoms with Crippen molar-refractivity contribution in [2.45, 2.75) is 58.8 Å². The molecule has 2 heterocycles. The minimum atomic E-state index is -0.0886. The molecule has 2 heteroatoms. The number of para-hydroxylation sites is 2. The van der Waals surface area contributed by atoms with Crippen molar-refractivity contribution >= 4 is 44.4 Å². The molecular weight excluding hydrogens is 569 g/mol. The third-order valence-electron chi connectivity index (χ3n) is 10.3. The Balaban J connectivity index is 1.33. The van der Waals surface area contributed by atoms with Crippen molar-refractivity contribution in [2.24, 2.45) is 0 Å². The fraction of sp³-hybridized carbons (Fsp3) is 0.200. The number of nitrogens with zero attached hydrogens (tertiary/aromatic N) is 2. The van der Waals surface area contributed by atoms with Crippen LogP contribution in [0.3, 0.4) is 0 Å². The molecule has 8 rings (SSSR count). The number of benzene rings is 5. The molecule has 0 bridgehead atoms. The van der Waals surface area contributed by atoms with Crippen LogP contribution in [0, 0.1) is 6.92 Å². The van der Waals surface area contributed by atoms with Crippen LogP contribution in [0.25, 0.3) is 33.1 Å². The molecule has 1 aromatic heterocycles. The Kier molecular flexibility index (Phi) is 6.70. The van der Waals surface area contributed by atoms with Gasteiger partial charge in [-0.05, 0) is 94.6 Å². The molecule has 0 saturated carbocycles. The number of anilines is 3. The molecule has 0 N–H and O–H groups in total. The number of rotatable bonds is 4. The van der Waals surface area contributed by atoms with Gasteiger partial charge in [0.05, 0.1) is 16.7 Å². The second-order valence-corrected chi connectivity index (χ2v) is 14.7. The maximum atomic E-state index is 2.53. The number of fused-ring (bicyclic) bond motifs is 5. The van der Waals surface area contributed by atoms with Crippen LogP contribution in [0.5, 0.6) is 0 Å². The lowest BCUT2D eigenvalue weighted by atomic mass is 9.74. The Hall–Kier alpha value is -5.08. The molecule has 0 atom stereocenters. The number of aryl methyl sites for hydroxylation is 1. The molecule has 6 aromatic rings. The predicted molar refractivity (Wildman–Crippen MR) is 202 cm³/mol. The van der Waals surface area contributed by atoms with Crippen LogP contribution in [-0.4, -0.2) is 4.57 Å². The minimum Gasteiger partial charge on any atom is -0.310 e. The normalized spacial score (nSPS) is 15.1. The molecule has 2 nitrogen and oxygen atoms in total. The zero-order valence-electron chi connectivity index (χ0n) is 28.3. The fourth-order valence-electron chi connectivity index (χ4n) is 7.69. The highest BCUT2D eigenvalue weighted by Crippen LogP contribution is 2.49. The van der Waals surface area contributed by atoms with E-state index in [0.29, 0.717) is 0 Å². The molecule has 0 radical (unpaired) electrons. The van der Waals surface area contributed by atoms with Crippen LogP contribution in [0.1, 0.15) is 68.9 Å². The summed E-state index contributed by atoms with van der Waals surface area (Å²) in [5, 5.41) is 2.58. The summed E-state index contributed by atoms with van der Waals surface area (Å²) in [4.78, 5) is 2.41. The van der Waals surface area contributed by atoms with E-state index in [4.69, 9.17) is 0 Å². The van der Waals surface area contributed by atoms with Gasteiger partial charge in [0.15, 0.2) is 0 Å². The average molecular weight is 611 g/mol. The van der Waals surface area contributed by atoms with Crippen molar-refractivity contribution in [1.29, 1.82) is 0 Å². The van der Waals surface area contributed by atoms with Crippen molar-refractivity contribution in [1.82, 2.24) is 4.57 Å². The van der Waals surface area contributed by atoms with E-state index in [1.165, 1.54) is 60.9 Å². The van der Waals surface area contributed by atoms with Gasteiger partial charge in [-0.15, -0.1) is 0 Å². The van der Waals surface area contributed by atoms with E-state index in [2.05, 4.69) is 185 Å². The second kappa shape index (κ2) is 10.7. The molecule has 2 aliphatic rings. The van der Waals surface area contributed by atoms with E-state index in [1.54, 1.807) is 0 Å². The molecular formula is C45H42N2. The van der Waals surface area contributed by atoms with E-state index in [0.717, 1.165) is 23.5 Å². The van der Waals surface area contributed by atoms with Crippen LogP contribution in [0.15, 0.2) is 134 Å². The highest BCUT2D eigenvalue weighted by atomic mass is 15.1. The lowest BCUT2D eigenvalue weighted by Gasteiger charge is -2.35. The largest absolute Gasteiger partial charge is 0.310 e. The van der Waals surface area contributed by atoms with Gasteiger partial charge in [0.2, 0.25) is 0 Å². The summed E-state index contributed by atoms with van der Waals surface area (Å²) in [6.45, 7) is 13.8. The van der Waals surface area contributed by atoms with Gasteiger partial charge in [0.1, 0.15) is 0 Å². The average Bonchev–Trinajstić information content (AvgIpc) is 3.19. The molecule has 0 spiro atoms. The van der Waals surface area contributed by atoms with E-state index in [9.17, 15) is 0 Å². The maximum absolute atomic E-state index is 2.53. The zero-order valence-corrected chi connectivity index (χ0v) is 28.3. The van der Waals surface area contributed by atoms with Crippen molar-refractivity contribution in [3.63, 3.8) is 0 Å². The van der Waals surface area contributed by atoms with Gasteiger partial charge >= 0.3 is 0 Å². The SMILES string of the molecule is Cc1cccc2c1-n1c3ccc(N(c4ccc(C5=CCC=CC=C5)cc4)c4ccc(C(C)(C)C)cc4)cc3c3cccc(c31)C2(C)C. The third-order valence-corrected chi connectivity index (χ3v) is 10.3. The van der Waals surface area contributed by atoms with Gasteiger partial charge in [-0.1, -0.05) is 126 Å². The molecule has 0 saturated heterocycles. The maximum Gasteiger partial charge on any atom is 0.0582 e. The van der Waals surface area contributed by atoms with Crippen LogP contribution < -0.4 is 4.90 Å². The summed E-state index contributed by atoms with van der Waals surface area (Å²) >= 11 is 0. The smallest absolute Gasteiger partial charge is 0.0582 e. The summed E-state index contributed by atoms with van der Waals surface area (Å²) in [6, 6.07) is 38.8. The molecule has 0 amide bonds. The predicted octanol–water partition coefficient (Wildman–Crippen LogP) is 12.4. The quantitative estimate of drug-likeness (QED) is 0.193. The Labute approximate surface area is 279 Å². The van der Waals surface area contributed by atoms with Crippen LogP contribution in [-0.2, 0) is 10.8 Å². The second-order valence-electron chi connectivity index (χ2n) is 14.7. The zero-order chi connectivity index (χ0) is 32.5. The molecule has 1 aliphatic heterocycles. The summed E-state index contributed by atoms with van der Waals surface area (Å²) in [7, 11) is 0. The van der Waals surface area contributed by atoms with Crippen LogP contribution in [0.2, 0.25) is 0 Å². The molecule has 232 valence electrons. The van der Waals surface area contributed by atoms with Crippen molar-refractivity contribution in [3.8, 4) is 5.69 Å². The van der Waals surface area contributed by atoms with Crippen molar-refractivity contribution in [3.05, 3.63) is 161 Å². The molecule has 47 heavy (non-hydrogen) atoms. The van der Waals surface area contributed by atoms with Crippen LogP contribution >= 0.6 is 0 Å². The number of hydrogen-bond donors (Lipinski definition) is 0. The standard InChI is InChI=1S/C45H42N2/c1-30-13-11-17-39-42(30)47-41-28-27-36(29-38(41)37-16-12-18-40(43(37)47)45(39,5)6)46(35-25-21-33(22-26-35)44(2,3)4)34-23-19-32(20-24-34)31-14-9-7-8-10-15-31/h7-9,11-29H,10H2,1-6H3. The Bertz CT molecular complexity index is 2260. The van der Waals surface area contributed by atoms with E-state index >= 15 is 0 Å². The lowest BCUT2D eigenvalue weighted by Crippen LogP contribution is -2.26. The Morgan fingerprint density at radius 2 is 1.38 bits per heavy atom. The third kappa shape index (κ3) is 4.69. The summed E-state index contributed by atoms with van der Waals surface area (Å²) in [5.74, 6) is 0. The minimum absolute atomic E-state index is 0.0886. The first-order valence-electron chi connectivity index (χ1n) is 16.9. The van der Waals surface area contributed by atoms with Crippen LogP contribution in [0.4, 0.5) is 17.1 Å². The molecule has 1 aliphatic carbocycles. The summed E-state index contributed by atoms with van der Waals surface area (Å²) in [5.41, 5.74) is 15.3. The van der Waals surface area contributed by atoms with Crippen molar-refractivity contribution in [2.75, 3.05) is 4.90 Å². The highest BCUT2D eigenvalue weighted by Gasteiger charge is 2.35. The summed E-state index contributed by atoms with van der Waals surface area (Å²) < 4.78 is 2.53. The fourth-order valence-corrected chi connectivity index (χ4v) is 7.69. The van der Waals surface area contributed by atoms with Gasteiger partial charge in [-0.3, -0.25) is 0 Å². The number of aromatic nitrogens is 1. The number of hydrogen-bond acceptors (Lipinski definition) is 1.